The fourth-order valence-electron chi connectivity index (χ4n) is 2.03. The number of hydrogen-bond acceptors (Lipinski definition) is 4. The van der Waals surface area contributed by atoms with Gasteiger partial charge in [0.05, 0.1) is 11.6 Å². The van der Waals surface area contributed by atoms with Crippen LogP contribution in [0.4, 0.5) is 5.88 Å². The van der Waals surface area contributed by atoms with Gasteiger partial charge in [0.2, 0.25) is 0 Å². The maximum Gasteiger partial charge on any atom is 0.434 e. The molecule has 0 saturated carbocycles. The average Bonchev–Trinajstić information content (AvgIpc) is 2.71. The first kappa shape index (κ1) is 10.8. The fraction of sp³-hybridized carbons (Fsp3) is 0.231. The molecule has 0 fully saturated rings. The number of rotatable bonds is 1. The quantitative estimate of drug-likeness (QED) is 0.569. The molecule has 0 amide bonds. The Morgan fingerprint density at radius 3 is 2.83 bits per heavy atom. The molecular formula is C13H11NO4. The molecule has 2 aromatic rings. The van der Waals surface area contributed by atoms with Gasteiger partial charge in [-0.25, -0.2) is 0 Å². The van der Waals surface area contributed by atoms with E-state index < -0.39 is 4.92 Å². The van der Waals surface area contributed by atoms with Gasteiger partial charge in [-0.15, -0.1) is 0 Å². The van der Waals surface area contributed by atoms with Crippen molar-refractivity contribution in [2.75, 3.05) is 0 Å². The van der Waals surface area contributed by atoms with Gasteiger partial charge < -0.3 is 9.15 Å². The highest BCUT2D eigenvalue weighted by Crippen LogP contribution is 2.38. The van der Waals surface area contributed by atoms with Gasteiger partial charge in [-0.2, -0.15) is 0 Å². The van der Waals surface area contributed by atoms with Gasteiger partial charge >= 0.3 is 5.88 Å². The third-order valence-electron chi connectivity index (χ3n) is 2.88. The SMILES string of the molecule is CC1(C)C=Cc2c(ccc3cc([N+](=O)[O-])oc23)O1. The lowest BCUT2D eigenvalue weighted by molar-refractivity contribution is -0.401. The lowest BCUT2D eigenvalue weighted by Gasteiger charge is -2.27. The Kier molecular flexibility index (Phi) is 2.02. The van der Waals surface area contributed by atoms with Crippen LogP contribution in [0.3, 0.4) is 0 Å². The molecule has 0 N–H and O–H groups in total. The second-order valence-electron chi connectivity index (χ2n) is 4.78. The standard InChI is InChI=1S/C13H11NO4/c1-13(2)6-5-9-10(18-13)4-3-8-7-11(14(15)16)17-12(8)9/h3-7H,1-2H3. The van der Waals surface area contributed by atoms with E-state index in [1.165, 1.54) is 6.07 Å². The lowest BCUT2D eigenvalue weighted by atomic mass is 10.0. The smallest absolute Gasteiger partial charge is 0.434 e. The van der Waals surface area contributed by atoms with Gasteiger partial charge in [-0.3, -0.25) is 10.1 Å². The van der Waals surface area contributed by atoms with Crippen LogP contribution >= 0.6 is 0 Å². The van der Waals surface area contributed by atoms with E-state index in [1.807, 2.05) is 32.1 Å². The Balaban J connectivity index is 2.24. The van der Waals surface area contributed by atoms with Crippen LogP contribution in [0.1, 0.15) is 19.4 Å². The predicted octanol–water partition coefficient (Wildman–Crippen LogP) is 3.53. The van der Waals surface area contributed by atoms with Gasteiger partial charge in [-0.1, -0.05) is 0 Å². The number of fused-ring (bicyclic) bond motifs is 3. The summed E-state index contributed by atoms with van der Waals surface area (Å²) in [7, 11) is 0. The van der Waals surface area contributed by atoms with Crippen LogP contribution in [-0.2, 0) is 0 Å². The molecule has 1 aliphatic heterocycles. The van der Waals surface area contributed by atoms with Crippen molar-refractivity contribution in [1.29, 1.82) is 0 Å². The third-order valence-corrected chi connectivity index (χ3v) is 2.88. The Hall–Kier alpha value is -2.30. The maximum absolute atomic E-state index is 10.7. The van der Waals surface area contributed by atoms with E-state index in [9.17, 15) is 10.1 Å². The molecule has 0 radical (unpaired) electrons. The zero-order valence-electron chi connectivity index (χ0n) is 9.97. The van der Waals surface area contributed by atoms with Crippen molar-refractivity contribution in [3.05, 3.63) is 40.0 Å². The first-order chi connectivity index (χ1) is 8.46. The summed E-state index contributed by atoms with van der Waals surface area (Å²) in [5, 5.41) is 11.4. The molecular weight excluding hydrogens is 234 g/mol. The van der Waals surface area contributed by atoms with E-state index in [4.69, 9.17) is 9.15 Å². The van der Waals surface area contributed by atoms with Crippen molar-refractivity contribution in [1.82, 2.24) is 0 Å². The highest BCUT2D eigenvalue weighted by molar-refractivity contribution is 5.90. The number of furan rings is 1. The molecule has 1 aromatic heterocycles. The van der Waals surface area contributed by atoms with Crippen LogP contribution in [0.2, 0.25) is 0 Å². The molecule has 0 aliphatic carbocycles. The summed E-state index contributed by atoms with van der Waals surface area (Å²) >= 11 is 0. The molecule has 0 bridgehead atoms. The molecule has 1 aromatic carbocycles. The average molecular weight is 245 g/mol. The van der Waals surface area contributed by atoms with Crippen molar-refractivity contribution in [3.63, 3.8) is 0 Å². The lowest BCUT2D eigenvalue weighted by Crippen LogP contribution is -2.27. The minimum absolute atomic E-state index is 0.253. The summed E-state index contributed by atoms with van der Waals surface area (Å²) in [6, 6.07) is 4.99. The van der Waals surface area contributed by atoms with Crippen LogP contribution in [0, 0.1) is 10.1 Å². The number of nitro groups is 1. The van der Waals surface area contributed by atoms with E-state index in [1.54, 1.807) is 6.07 Å². The van der Waals surface area contributed by atoms with Gasteiger partial charge in [0.25, 0.3) is 0 Å². The Bertz CT molecular complexity index is 682. The molecule has 0 unspecified atom stereocenters. The summed E-state index contributed by atoms with van der Waals surface area (Å²) < 4.78 is 11.0. The van der Waals surface area contributed by atoms with E-state index in [2.05, 4.69) is 0 Å². The molecule has 0 spiro atoms. The topological polar surface area (TPSA) is 65.5 Å². The fourth-order valence-corrected chi connectivity index (χ4v) is 2.03. The molecule has 92 valence electrons. The molecule has 3 rings (SSSR count). The minimum Gasteiger partial charge on any atom is -0.483 e. The second-order valence-corrected chi connectivity index (χ2v) is 4.78. The zero-order valence-corrected chi connectivity index (χ0v) is 9.97. The van der Waals surface area contributed by atoms with Crippen LogP contribution in [-0.4, -0.2) is 10.5 Å². The highest BCUT2D eigenvalue weighted by Gasteiger charge is 2.25. The molecule has 0 atom stereocenters. The molecule has 2 heterocycles. The van der Waals surface area contributed by atoms with Crippen LogP contribution in [0.15, 0.2) is 28.7 Å². The molecule has 0 saturated heterocycles. The molecule has 18 heavy (non-hydrogen) atoms. The highest BCUT2D eigenvalue weighted by atomic mass is 16.6. The predicted molar refractivity (Wildman–Crippen MR) is 66.6 cm³/mol. The summed E-state index contributed by atoms with van der Waals surface area (Å²) in [5.41, 5.74) is 0.866. The summed E-state index contributed by atoms with van der Waals surface area (Å²) in [6.45, 7) is 3.89. The zero-order chi connectivity index (χ0) is 12.9. The van der Waals surface area contributed by atoms with Crippen molar-refractivity contribution in [2.24, 2.45) is 0 Å². The van der Waals surface area contributed by atoms with Gasteiger partial charge in [0.1, 0.15) is 16.3 Å². The van der Waals surface area contributed by atoms with Crippen molar-refractivity contribution in [2.45, 2.75) is 19.4 Å². The normalized spacial score (nSPS) is 16.3. The summed E-state index contributed by atoms with van der Waals surface area (Å²) in [4.78, 5) is 10.2. The van der Waals surface area contributed by atoms with E-state index in [0.717, 1.165) is 5.56 Å². The number of nitrogens with zero attached hydrogens (tertiary/aromatic N) is 1. The number of hydrogen-bond donors (Lipinski definition) is 0. The summed E-state index contributed by atoms with van der Waals surface area (Å²) in [6.07, 6.45) is 3.79. The summed E-state index contributed by atoms with van der Waals surface area (Å²) in [5.74, 6) is 0.427. The van der Waals surface area contributed by atoms with E-state index >= 15 is 0 Å². The maximum atomic E-state index is 10.7. The van der Waals surface area contributed by atoms with Crippen LogP contribution in [0.5, 0.6) is 5.75 Å². The Labute approximate surface area is 103 Å². The van der Waals surface area contributed by atoms with Crippen molar-refractivity contribution in [3.8, 4) is 5.75 Å². The van der Waals surface area contributed by atoms with E-state index in [-0.39, 0.29) is 11.5 Å². The molecule has 5 heteroatoms. The van der Waals surface area contributed by atoms with Crippen molar-refractivity contribution >= 4 is 22.9 Å². The molecule has 5 nitrogen and oxygen atoms in total. The van der Waals surface area contributed by atoms with Crippen LogP contribution < -0.4 is 4.74 Å². The van der Waals surface area contributed by atoms with E-state index in [0.29, 0.717) is 16.7 Å². The van der Waals surface area contributed by atoms with Gasteiger partial charge in [0, 0.05) is 5.39 Å². The Morgan fingerprint density at radius 2 is 2.11 bits per heavy atom. The van der Waals surface area contributed by atoms with Gasteiger partial charge in [-0.05, 0) is 38.1 Å². The Morgan fingerprint density at radius 1 is 1.33 bits per heavy atom. The third kappa shape index (κ3) is 1.55. The second kappa shape index (κ2) is 3.35. The molecule has 1 aliphatic rings. The monoisotopic (exact) mass is 245 g/mol. The number of benzene rings is 1. The first-order valence-corrected chi connectivity index (χ1v) is 5.55. The first-order valence-electron chi connectivity index (χ1n) is 5.55. The minimum atomic E-state index is -0.538. The van der Waals surface area contributed by atoms with Crippen LogP contribution in [0.25, 0.3) is 17.0 Å². The largest absolute Gasteiger partial charge is 0.483 e. The van der Waals surface area contributed by atoms with Crippen molar-refractivity contribution < 1.29 is 14.1 Å². The van der Waals surface area contributed by atoms with Gasteiger partial charge in [0.15, 0.2) is 5.58 Å². The number of ether oxygens (including phenoxy) is 1.